The van der Waals surface area contributed by atoms with Gasteiger partial charge in [-0.1, -0.05) is 30.3 Å². The molecule has 0 aliphatic rings. The first kappa shape index (κ1) is 17.6. The molecule has 0 spiro atoms. The van der Waals surface area contributed by atoms with Crippen LogP contribution in [0.1, 0.15) is 17.0 Å². The second kappa shape index (κ2) is 7.80. The van der Waals surface area contributed by atoms with Gasteiger partial charge in [0.15, 0.2) is 0 Å². The van der Waals surface area contributed by atoms with E-state index in [0.29, 0.717) is 30.6 Å². The van der Waals surface area contributed by atoms with Crippen molar-refractivity contribution in [3.05, 3.63) is 95.8 Å². The van der Waals surface area contributed by atoms with Gasteiger partial charge in [0, 0.05) is 12.1 Å². The number of rotatable bonds is 6. The van der Waals surface area contributed by atoms with Gasteiger partial charge in [0.05, 0.1) is 12.8 Å². The normalized spacial score (nSPS) is 10.6. The topological polar surface area (TPSA) is 66.2 Å². The van der Waals surface area contributed by atoms with E-state index in [-0.39, 0.29) is 11.5 Å². The lowest BCUT2D eigenvalue weighted by Crippen LogP contribution is -2.22. The van der Waals surface area contributed by atoms with Crippen LogP contribution in [0.15, 0.2) is 81.8 Å². The first-order chi connectivity index (χ1) is 13.7. The number of halogens is 1. The molecule has 0 aliphatic carbocycles. The minimum atomic E-state index is -0.301. The van der Waals surface area contributed by atoms with E-state index >= 15 is 0 Å². The summed E-state index contributed by atoms with van der Waals surface area (Å²) < 4.78 is 24.7. The van der Waals surface area contributed by atoms with E-state index in [2.05, 4.69) is 11.1 Å². The smallest absolute Gasteiger partial charge is 0.235 e. The molecule has 2 aromatic carbocycles. The molecule has 0 bridgehead atoms. The number of aromatic nitrogens is 1. The van der Waals surface area contributed by atoms with Crippen molar-refractivity contribution in [3.63, 3.8) is 0 Å². The Kier molecular flexibility index (Phi) is 4.89. The molecule has 0 atom stereocenters. The fraction of sp³-hybridized carbons (Fsp3) is 0.0909. The molecule has 0 saturated heterocycles. The number of hydrogen-bond acceptors (Lipinski definition) is 5. The molecule has 28 heavy (non-hydrogen) atoms. The van der Waals surface area contributed by atoms with E-state index in [0.717, 1.165) is 11.1 Å². The molecule has 2 aromatic heterocycles. The van der Waals surface area contributed by atoms with Crippen molar-refractivity contribution in [2.45, 2.75) is 13.1 Å². The molecule has 4 aromatic rings. The van der Waals surface area contributed by atoms with Gasteiger partial charge in [-0.3, -0.25) is 0 Å². The van der Waals surface area contributed by atoms with Crippen molar-refractivity contribution >= 4 is 5.88 Å². The van der Waals surface area contributed by atoms with Crippen LogP contribution in [0.3, 0.4) is 0 Å². The van der Waals surface area contributed by atoms with Gasteiger partial charge in [-0.2, -0.15) is 10.2 Å². The van der Waals surface area contributed by atoms with Crippen LogP contribution in [0.2, 0.25) is 0 Å². The summed E-state index contributed by atoms with van der Waals surface area (Å²) in [6.07, 6.45) is 1.59. The van der Waals surface area contributed by atoms with E-state index in [1.54, 1.807) is 24.5 Å². The van der Waals surface area contributed by atoms with E-state index in [9.17, 15) is 9.65 Å². The van der Waals surface area contributed by atoms with Crippen molar-refractivity contribution in [1.82, 2.24) is 4.98 Å². The highest BCUT2D eigenvalue weighted by molar-refractivity contribution is 5.59. The van der Waals surface area contributed by atoms with Crippen molar-refractivity contribution < 1.29 is 13.2 Å². The number of oxazole rings is 1. The molecule has 4 rings (SSSR count). The number of anilines is 1. The van der Waals surface area contributed by atoms with Gasteiger partial charge in [0.2, 0.25) is 17.5 Å². The summed E-state index contributed by atoms with van der Waals surface area (Å²) in [5, 5.41) is 9.58. The molecular formula is C22H16FN3O2. The maximum absolute atomic E-state index is 13.3. The third kappa shape index (κ3) is 3.79. The summed E-state index contributed by atoms with van der Waals surface area (Å²) in [7, 11) is 0. The zero-order chi connectivity index (χ0) is 19.3. The van der Waals surface area contributed by atoms with E-state index in [1.807, 2.05) is 41.3 Å². The van der Waals surface area contributed by atoms with E-state index < -0.39 is 0 Å². The van der Waals surface area contributed by atoms with Crippen LogP contribution >= 0.6 is 0 Å². The second-order valence-corrected chi connectivity index (χ2v) is 6.21. The second-order valence-electron chi connectivity index (χ2n) is 6.21. The molecular weight excluding hydrogens is 357 g/mol. The zero-order valence-electron chi connectivity index (χ0n) is 14.9. The Balaban J connectivity index is 1.72. The van der Waals surface area contributed by atoms with Gasteiger partial charge in [0.25, 0.3) is 0 Å². The Labute approximate surface area is 161 Å². The highest BCUT2D eigenvalue weighted by Gasteiger charge is 2.22. The molecule has 0 radical (unpaired) electrons. The maximum Gasteiger partial charge on any atom is 0.235 e. The number of furan rings is 1. The summed E-state index contributed by atoms with van der Waals surface area (Å²) in [6, 6.07) is 21.3. The lowest BCUT2D eigenvalue weighted by molar-refractivity contribution is 0.483. The fourth-order valence-electron chi connectivity index (χ4n) is 2.90. The summed E-state index contributed by atoms with van der Waals surface area (Å²) in [4.78, 5) is 6.20. The quantitative estimate of drug-likeness (QED) is 0.467. The average Bonchev–Trinajstić information content (AvgIpc) is 3.39. The Morgan fingerprint density at radius 1 is 0.964 bits per heavy atom. The number of benzene rings is 2. The van der Waals surface area contributed by atoms with Gasteiger partial charge >= 0.3 is 0 Å². The Morgan fingerprint density at radius 2 is 1.75 bits per heavy atom. The average molecular weight is 373 g/mol. The van der Waals surface area contributed by atoms with Crippen LogP contribution in [0, 0.1) is 17.1 Å². The maximum atomic E-state index is 13.3. The Bertz CT molecular complexity index is 1080. The summed E-state index contributed by atoms with van der Waals surface area (Å²) in [5.74, 6) is 1.13. The predicted molar refractivity (Wildman–Crippen MR) is 102 cm³/mol. The van der Waals surface area contributed by atoms with Gasteiger partial charge < -0.3 is 13.7 Å². The predicted octanol–water partition coefficient (Wildman–Crippen LogP) is 5.15. The lowest BCUT2D eigenvalue weighted by atomic mass is 10.2. The molecule has 0 N–H and O–H groups in total. The van der Waals surface area contributed by atoms with Crippen molar-refractivity contribution in [3.8, 4) is 17.5 Å². The summed E-state index contributed by atoms with van der Waals surface area (Å²) >= 11 is 0. The zero-order valence-corrected chi connectivity index (χ0v) is 14.9. The number of nitriles is 1. The third-order valence-corrected chi connectivity index (χ3v) is 4.24. The highest BCUT2D eigenvalue weighted by atomic mass is 19.1. The molecule has 0 amide bonds. The third-order valence-electron chi connectivity index (χ3n) is 4.24. The molecule has 0 aliphatic heterocycles. The molecule has 0 unspecified atom stereocenters. The van der Waals surface area contributed by atoms with Crippen LogP contribution in [-0.4, -0.2) is 4.98 Å². The van der Waals surface area contributed by atoms with Gasteiger partial charge in [-0.05, 0) is 42.0 Å². The molecule has 138 valence electrons. The SMILES string of the molecule is N#Cc1nc(-c2ccccc2)oc1N(Cc1ccc(F)cc1)Cc1ccco1. The standard InChI is InChI=1S/C22H16FN3O2/c23-18-10-8-16(9-11-18)14-26(15-19-7-4-12-27-19)22-20(13-24)25-21(28-22)17-5-2-1-3-6-17/h1-12H,14-15H2. The van der Waals surface area contributed by atoms with Crippen LogP contribution < -0.4 is 4.90 Å². The first-order valence-electron chi connectivity index (χ1n) is 8.71. The first-order valence-corrected chi connectivity index (χ1v) is 8.71. The molecule has 0 saturated carbocycles. The Hall–Kier alpha value is -3.85. The monoisotopic (exact) mass is 373 g/mol. The number of hydrogen-bond donors (Lipinski definition) is 0. The molecule has 0 fully saturated rings. The van der Waals surface area contributed by atoms with Crippen LogP contribution in [0.4, 0.5) is 10.3 Å². The minimum Gasteiger partial charge on any atom is -0.467 e. The van der Waals surface area contributed by atoms with Crippen molar-refractivity contribution in [2.24, 2.45) is 0 Å². The molecule has 6 heteroatoms. The van der Waals surface area contributed by atoms with Crippen LogP contribution in [-0.2, 0) is 13.1 Å². The molecule has 5 nitrogen and oxygen atoms in total. The lowest BCUT2D eigenvalue weighted by Gasteiger charge is -2.21. The van der Waals surface area contributed by atoms with Gasteiger partial charge in [0.1, 0.15) is 17.6 Å². The van der Waals surface area contributed by atoms with Crippen LogP contribution in [0.5, 0.6) is 0 Å². The summed E-state index contributed by atoms with van der Waals surface area (Å²) in [5.41, 5.74) is 1.84. The van der Waals surface area contributed by atoms with E-state index in [4.69, 9.17) is 8.83 Å². The van der Waals surface area contributed by atoms with Crippen molar-refractivity contribution in [1.29, 1.82) is 5.26 Å². The highest BCUT2D eigenvalue weighted by Crippen LogP contribution is 2.30. The Morgan fingerprint density at radius 3 is 2.43 bits per heavy atom. The fourth-order valence-corrected chi connectivity index (χ4v) is 2.90. The molecule has 2 heterocycles. The van der Waals surface area contributed by atoms with Crippen molar-refractivity contribution in [2.75, 3.05) is 4.90 Å². The number of nitrogens with zero attached hydrogens (tertiary/aromatic N) is 3. The summed E-state index contributed by atoms with van der Waals surface area (Å²) in [6.45, 7) is 0.779. The van der Waals surface area contributed by atoms with Gasteiger partial charge in [-0.25, -0.2) is 4.39 Å². The van der Waals surface area contributed by atoms with Gasteiger partial charge in [-0.15, -0.1) is 0 Å². The minimum absolute atomic E-state index is 0.188. The van der Waals surface area contributed by atoms with Crippen LogP contribution in [0.25, 0.3) is 11.5 Å². The largest absolute Gasteiger partial charge is 0.467 e. The van der Waals surface area contributed by atoms with E-state index in [1.165, 1.54) is 12.1 Å².